The summed E-state index contributed by atoms with van der Waals surface area (Å²) in [5.74, 6) is 0.557. The molecule has 5 nitrogen and oxygen atoms in total. The highest BCUT2D eigenvalue weighted by atomic mass is 35.5. The molecule has 0 aliphatic heterocycles. The average Bonchev–Trinajstić information content (AvgIpc) is 2.98. The van der Waals surface area contributed by atoms with E-state index in [1.54, 1.807) is 6.07 Å². The number of aromatic nitrogens is 4. The molecule has 0 saturated carbocycles. The van der Waals surface area contributed by atoms with Gasteiger partial charge in [-0.25, -0.2) is 4.39 Å². The Kier molecular flexibility index (Phi) is 2.71. The van der Waals surface area contributed by atoms with Crippen molar-refractivity contribution < 1.29 is 8.91 Å². The van der Waals surface area contributed by atoms with Gasteiger partial charge in [-0.1, -0.05) is 5.16 Å². The topological polar surface area (TPSA) is 67.6 Å². The van der Waals surface area contributed by atoms with E-state index in [0.29, 0.717) is 23.6 Å². The normalized spacial score (nSPS) is 11.2. The minimum absolute atomic E-state index is 0.208. The number of hydrogen-bond donors (Lipinski definition) is 1. The van der Waals surface area contributed by atoms with Crippen LogP contribution in [0.1, 0.15) is 5.89 Å². The van der Waals surface area contributed by atoms with Crippen LogP contribution in [-0.2, 0) is 6.42 Å². The highest BCUT2D eigenvalue weighted by Gasteiger charge is 2.17. The number of nitrogens with zero attached hydrogens (tertiary/aromatic N) is 3. The highest BCUT2D eigenvalue weighted by Crippen LogP contribution is 2.28. The van der Waals surface area contributed by atoms with Gasteiger partial charge in [-0.3, -0.25) is 5.10 Å². The van der Waals surface area contributed by atoms with Gasteiger partial charge in [-0.15, -0.1) is 11.6 Å². The number of alkyl halides is 1. The van der Waals surface area contributed by atoms with Crippen molar-refractivity contribution in [1.29, 1.82) is 0 Å². The molecule has 0 aliphatic carbocycles. The minimum Gasteiger partial charge on any atom is -0.339 e. The Bertz CT molecular complexity index is 693. The first-order valence-corrected chi connectivity index (χ1v) is 5.83. The molecular weight excluding hydrogens is 259 g/mol. The predicted molar refractivity (Wildman–Crippen MR) is 63.8 cm³/mol. The van der Waals surface area contributed by atoms with E-state index in [1.807, 2.05) is 0 Å². The predicted octanol–water partition coefficient (Wildman–Crippen LogP) is 2.53. The van der Waals surface area contributed by atoms with Crippen molar-refractivity contribution in [2.75, 3.05) is 5.88 Å². The molecule has 0 fully saturated rings. The molecule has 0 radical (unpaired) electrons. The largest absolute Gasteiger partial charge is 0.339 e. The number of fused-ring (bicyclic) bond motifs is 1. The molecule has 0 bridgehead atoms. The van der Waals surface area contributed by atoms with Crippen molar-refractivity contribution in [3.63, 3.8) is 0 Å². The molecule has 0 amide bonds. The maximum atomic E-state index is 13.9. The van der Waals surface area contributed by atoms with Crippen LogP contribution < -0.4 is 0 Å². The molecule has 2 aromatic heterocycles. The Labute approximate surface area is 106 Å². The summed E-state index contributed by atoms with van der Waals surface area (Å²) in [6.45, 7) is 0. The van der Waals surface area contributed by atoms with Gasteiger partial charge in [0.05, 0.1) is 17.3 Å². The van der Waals surface area contributed by atoms with Gasteiger partial charge in [0.1, 0.15) is 5.82 Å². The van der Waals surface area contributed by atoms with Crippen LogP contribution in [0.2, 0.25) is 0 Å². The van der Waals surface area contributed by atoms with Gasteiger partial charge in [0.15, 0.2) is 0 Å². The van der Waals surface area contributed by atoms with E-state index in [1.165, 1.54) is 12.3 Å². The van der Waals surface area contributed by atoms with Crippen LogP contribution in [0.4, 0.5) is 4.39 Å². The van der Waals surface area contributed by atoms with Crippen LogP contribution >= 0.6 is 11.6 Å². The Balaban J connectivity index is 2.17. The second kappa shape index (κ2) is 4.38. The molecule has 3 rings (SSSR count). The van der Waals surface area contributed by atoms with Gasteiger partial charge in [-0.2, -0.15) is 10.1 Å². The van der Waals surface area contributed by atoms with Crippen molar-refractivity contribution in [1.82, 2.24) is 20.3 Å². The lowest BCUT2D eigenvalue weighted by atomic mass is 10.1. The summed E-state index contributed by atoms with van der Waals surface area (Å²) in [5, 5.41) is 11.0. The summed E-state index contributed by atoms with van der Waals surface area (Å²) < 4.78 is 18.9. The molecule has 7 heteroatoms. The van der Waals surface area contributed by atoms with Crippen molar-refractivity contribution in [3.05, 3.63) is 30.0 Å². The number of rotatable bonds is 3. The van der Waals surface area contributed by atoms with Gasteiger partial charge in [0.2, 0.25) is 11.7 Å². The van der Waals surface area contributed by atoms with E-state index in [9.17, 15) is 4.39 Å². The first-order chi connectivity index (χ1) is 8.79. The first kappa shape index (κ1) is 11.2. The molecule has 2 heterocycles. The molecule has 18 heavy (non-hydrogen) atoms. The lowest BCUT2D eigenvalue weighted by Crippen LogP contribution is -1.89. The standard InChI is InChI=1S/C11H8ClFN4O/c12-4-3-9-15-11(17-18-9)10-6-5-14-16-8(6)2-1-7(10)13/h1-2,5H,3-4H2,(H,14,16). The number of hydrogen-bond acceptors (Lipinski definition) is 4. The molecular formula is C11H8ClFN4O. The maximum Gasteiger partial charge on any atom is 0.228 e. The molecule has 0 unspecified atom stereocenters. The number of nitrogens with one attached hydrogen (secondary N) is 1. The van der Waals surface area contributed by atoms with Crippen LogP contribution in [0, 0.1) is 5.82 Å². The van der Waals surface area contributed by atoms with Gasteiger partial charge < -0.3 is 4.52 Å². The smallest absolute Gasteiger partial charge is 0.228 e. The second-order valence-electron chi connectivity index (χ2n) is 3.70. The van der Waals surface area contributed by atoms with Crippen LogP contribution in [-0.4, -0.2) is 26.2 Å². The fourth-order valence-corrected chi connectivity index (χ4v) is 1.92. The molecule has 0 spiro atoms. The van der Waals surface area contributed by atoms with Crippen LogP contribution in [0.25, 0.3) is 22.3 Å². The number of aromatic amines is 1. The quantitative estimate of drug-likeness (QED) is 0.740. The van der Waals surface area contributed by atoms with Crippen LogP contribution in [0.5, 0.6) is 0 Å². The molecule has 0 saturated heterocycles. The summed E-state index contributed by atoms with van der Waals surface area (Å²) in [4.78, 5) is 4.12. The molecule has 1 aromatic carbocycles. The van der Waals surface area contributed by atoms with E-state index in [0.717, 1.165) is 5.52 Å². The van der Waals surface area contributed by atoms with Crippen molar-refractivity contribution in [3.8, 4) is 11.4 Å². The minimum atomic E-state index is -0.415. The number of benzene rings is 1. The second-order valence-corrected chi connectivity index (χ2v) is 4.08. The van der Waals surface area contributed by atoms with E-state index >= 15 is 0 Å². The summed E-state index contributed by atoms with van der Waals surface area (Å²) >= 11 is 5.58. The van der Waals surface area contributed by atoms with E-state index in [2.05, 4.69) is 20.3 Å². The zero-order valence-electron chi connectivity index (χ0n) is 9.15. The number of halogens is 2. The average molecular weight is 267 g/mol. The molecule has 3 aromatic rings. The Morgan fingerprint density at radius 2 is 2.28 bits per heavy atom. The van der Waals surface area contributed by atoms with Crippen LogP contribution in [0.15, 0.2) is 22.9 Å². The Hall–Kier alpha value is -1.95. The lowest BCUT2D eigenvalue weighted by molar-refractivity contribution is 0.383. The maximum absolute atomic E-state index is 13.9. The van der Waals surface area contributed by atoms with Crippen molar-refractivity contribution in [2.24, 2.45) is 0 Å². The Morgan fingerprint density at radius 1 is 1.39 bits per heavy atom. The van der Waals surface area contributed by atoms with Gasteiger partial charge in [-0.05, 0) is 12.1 Å². The third-order valence-corrected chi connectivity index (χ3v) is 2.76. The number of H-pyrrole nitrogens is 1. The zero-order valence-corrected chi connectivity index (χ0v) is 9.91. The zero-order chi connectivity index (χ0) is 12.5. The monoisotopic (exact) mass is 266 g/mol. The molecule has 92 valence electrons. The third-order valence-electron chi connectivity index (χ3n) is 2.57. The van der Waals surface area contributed by atoms with Gasteiger partial charge >= 0.3 is 0 Å². The molecule has 1 N–H and O–H groups in total. The Morgan fingerprint density at radius 3 is 3.11 bits per heavy atom. The summed E-state index contributed by atoms with van der Waals surface area (Å²) in [6.07, 6.45) is 1.99. The van der Waals surface area contributed by atoms with Crippen molar-refractivity contribution in [2.45, 2.75) is 6.42 Å². The SMILES string of the molecule is Fc1ccc2[nH]ncc2c1-c1noc(CCCl)n1. The van der Waals surface area contributed by atoms with E-state index < -0.39 is 5.82 Å². The van der Waals surface area contributed by atoms with E-state index in [4.69, 9.17) is 16.1 Å². The molecule has 0 atom stereocenters. The fraction of sp³-hybridized carbons (Fsp3) is 0.182. The summed E-state index contributed by atoms with van der Waals surface area (Å²) in [6, 6.07) is 2.95. The third kappa shape index (κ3) is 1.74. The highest BCUT2D eigenvalue weighted by molar-refractivity contribution is 6.17. The van der Waals surface area contributed by atoms with Gasteiger partial charge in [0.25, 0.3) is 0 Å². The van der Waals surface area contributed by atoms with Crippen LogP contribution in [0.3, 0.4) is 0 Å². The van der Waals surface area contributed by atoms with Crippen molar-refractivity contribution >= 4 is 22.5 Å². The summed E-state index contributed by atoms with van der Waals surface area (Å²) in [7, 11) is 0. The lowest BCUT2D eigenvalue weighted by Gasteiger charge is -1.98. The molecule has 0 aliphatic rings. The first-order valence-electron chi connectivity index (χ1n) is 5.30. The summed E-state index contributed by atoms with van der Waals surface area (Å²) in [5.41, 5.74) is 1.00. The fourth-order valence-electron chi connectivity index (χ4n) is 1.76. The van der Waals surface area contributed by atoms with Gasteiger partial charge in [0, 0.05) is 17.7 Å². The number of aryl methyl sites for hydroxylation is 1. The van der Waals surface area contributed by atoms with E-state index in [-0.39, 0.29) is 11.4 Å².